The molecule has 1 heterocycles. The van der Waals surface area contributed by atoms with Gasteiger partial charge in [0.1, 0.15) is 6.04 Å². The topological polar surface area (TPSA) is 110 Å². The van der Waals surface area contributed by atoms with Crippen LogP contribution in [0.2, 0.25) is 0 Å². The fraction of sp³-hybridized carbons (Fsp3) is 0.818. The highest BCUT2D eigenvalue weighted by atomic mass is 16.4. The van der Waals surface area contributed by atoms with Gasteiger partial charge in [0.2, 0.25) is 0 Å². The van der Waals surface area contributed by atoms with Gasteiger partial charge in [0.15, 0.2) is 0 Å². The standard InChI is InChI=1S/C11H20N2O5/c1-6(2)3-7(10(16)17)12-11(18)13-4-8(14)9(15)5-13/h6-9,14-15H,3-5H2,1-2H3,(H,12,18)(H,16,17)/t7-,8-,9+/m0/s1. The van der Waals surface area contributed by atoms with Gasteiger partial charge in [-0.25, -0.2) is 9.59 Å². The van der Waals surface area contributed by atoms with Crippen molar-refractivity contribution in [2.45, 2.75) is 38.5 Å². The molecular weight excluding hydrogens is 240 g/mol. The average molecular weight is 260 g/mol. The molecule has 0 aliphatic carbocycles. The molecule has 7 nitrogen and oxygen atoms in total. The van der Waals surface area contributed by atoms with E-state index in [1.807, 2.05) is 13.8 Å². The number of aliphatic hydroxyl groups excluding tert-OH is 2. The van der Waals surface area contributed by atoms with Crippen molar-refractivity contribution in [3.63, 3.8) is 0 Å². The Bertz CT molecular complexity index is 311. The van der Waals surface area contributed by atoms with Crippen LogP contribution in [0.25, 0.3) is 0 Å². The minimum atomic E-state index is -1.09. The normalized spacial score (nSPS) is 25.3. The van der Waals surface area contributed by atoms with Crippen molar-refractivity contribution in [3.05, 3.63) is 0 Å². The minimum absolute atomic E-state index is 0.0149. The Kier molecular flexibility index (Phi) is 4.92. The number of carboxylic acid groups (broad SMARTS) is 1. The van der Waals surface area contributed by atoms with Crippen LogP contribution in [0.4, 0.5) is 4.79 Å². The van der Waals surface area contributed by atoms with Crippen LogP contribution < -0.4 is 5.32 Å². The first-order chi connectivity index (χ1) is 8.31. The van der Waals surface area contributed by atoms with Crippen LogP contribution in [0.15, 0.2) is 0 Å². The number of amides is 2. The van der Waals surface area contributed by atoms with Gasteiger partial charge in [-0.3, -0.25) is 0 Å². The predicted octanol–water partition coefficient (Wildman–Crippen LogP) is -0.767. The first-order valence-electron chi connectivity index (χ1n) is 5.95. The van der Waals surface area contributed by atoms with Crippen LogP contribution in [0.1, 0.15) is 20.3 Å². The highest BCUT2D eigenvalue weighted by molar-refractivity contribution is 5.82. The largest absolute Gasteiger partial charge is 0.480 e. The Labute approximate surface area is 105 Å². The third-order valence-electron chi connectivity index (χ3n) is 2.85. The molecule has 4 N–H and O–H groups in total. The van der Waals surface area contributed by atoms with Crippen LogP contribution in [-0.4, -0.2) is 63.6 Å². The Balaban J connectivity index is 2.54. The molecule has 2 amide bonds. The maximum atomic E-state index is 11.8. The van der Waals surface area contributed by atoms with Gasteiger partial charge in [0, 0.05) is 0 Å². The van der Waals surface area contributed by atoms with E-state index < -0.39 is 30.3 Å². The molecule has 7 heteroatoms. The number of β-amino-alcohol motifs (C(OH)–C–C–N with tert-alkyl or cyclic N) is 2. The Morgan fingerprint density at radius 3 is 2.17 bits per heavy atom. The van der Waals surface area contributed by atoms with Crippen LogP contribution in [0.5, 0.6) is 0 Å². The van der Waals surface area contributed by atoms with Crippen LogP contribution in [-0.2, 0) is 4.79 Å². The molecule has 0 aromatic heterocycles. The second kappa shape index (κ2) is 6.01. The van der Waals surface area contributed by atoms with Crippen molar-refractivity contribution < 1.29 is 24.9 Å². The SMILES string of the molecule is CC(C)C[C@H](NC(=O)N1C[C@@H](O)[C@@H](O)C1)C(=O)O. The summed E-state index contributed by atoms with van der Waals surface area (Å²) in [5.41, 5.74) is 0. The number of nitrogens with zero attached hydrogens (tertiary/aromatic N) is 1. The molecule has 0 aromatic carbocycles. The zero-order valence-electron chi connectivity index (χ0n) is 10.5. The number of carbonyl (C=O) groups is 2. The number of likely N-dealkylation sites (tertiary alicyclic amines) is 1. The summed E-state index contributed by atoms with van der Waals surface area (Å²) in [7, 11) is 0. The smallest absolute Gasteiger partial charge is 0.326 e. The molecule has 1 aliphatic rings. The summed E-state index contributed by atoms with van der Waals surface area (Å²) >= 11 is 0. The zero-order valence-corrected chi connectivity index (χ0v) is 10.5. The molecule has 0 unspecified atom stereocenters. The molecule has 0 saturated carbocycles. The summed E-state index contributed by atoms with van der Waals surface area (Å²) in [5.74, 6) is -0.946. The van der Waals surface area contributed by atoms with Gasteiger partial charge in [-0.2, -0.15) is 0 Å². The van der Waals surface area contributed by atoms with Crippen molar-refractivity contribution in [3.8, 4) is 0 Å². The first kappa shape index (κ1) is 14.7. The number of carboxylic acids is 1. The summed E-state index contributed by atoms with van der Waals surface area (Å²) < 4.78 is 0. The van der Waals surface area contributed by atoms with Gasteiger partial charge in [-0.1, -0.05) is 13.8 Å². The number of carbonyl (C=O) groups excluding carboxylic acids is 1. The van der Waals surface area contributed by atoms with Crippen LogP contribution in [0.3, 0.4) is 0 Å². The number of rotatable bonds is 4. The van der Waals surface area contributed by atoms with E-state index in [1.54, 1.807) is 0 Å². The molecule has 0 radical (unpaired) electrons. The van der Waals surface area contributed by atoms with E-state index in [0.29, 0.717) is 6.42 Å². The van der Waals surface area contributed by atoms with E-state index in [-0.39, 0.29) is 19.0 Å². The lowest BCUT2D eigenvalue weighted by atomic mass is 10.0. The number of aliphatic carboxylic acids is 1. The molecule has 0 aromatic rings. The minimum Gasteiger partial charge on any atom is -0.480 e. The third kappa shape index (κ3) is 3.85. The summed E-state index contributed by atoms with van der Waals surface area (Å²) in [6, 6.07) is -1.52. The Hall–Kier alpha value is -1.34. The van der Waals surface area contributed by atoms with Crippen LogP contribution >= 0.6 is 0 Å². The first-order valence-corrected chi connectivity index (χ1v) is 5.95. The summed E-state index contributed by atoms with van der Waals surface area (Å²) in [6.07, 6.45) is -1.60. The van der Waals surface area contributed by atoms with Crippen molar-refractivity contribution >= 4 is 12.0 Å². The molecule has 0 bridgehead atoms. The monoisotopic (exact) mass is 260 g/mol. The number of hydrogen-bond donors (Lipinski definition) is 4. The second-order valence-corrected chi connectivity index (χ2v) is 5.01. The van der Waals surface area contributed by atoms with Crippen molar-refractivity contribution in [2.24, 2.45) is 5.92 Å². The van der Waals surface area contributed by atoms with Crippen LogP contribution in [0, 0.1) is 5.92 Å². The summed E-state index contributed by atoms with van der Waals surface area (Å²) in [4.78, 5) is 24.0. The Morgan fingerprint density at radius 2 is 1.78 bits per heavy atom. The quantitative estimate of drug-likeness (QED) is 0.530. The van der Waals surface area contributed by atoms with E-state index in [2.05, 4.69) is 5.32 Å². The summed E-state index contributed by atoms with van der Waals surface area (Å²) in [6.45, 7) is 3.76. The van der Waals surface area contributed by atoms with Gasteiger partial charge < -0.3 is 25.5 Å². The highest BCUT2D eigenvalue weighted by Gasteiger charge is 2.34. The number of hydrogen-bond acceptors (Lipinski definition) is 4. The maximum absolute atomic E-state index is 11.8. The van der Waals surface area contributed by atoms with E-state index in [9.17, 15) is 19.8 Å². The van der Waals surface area contributed by atoms with Crippen molar-refractivity contribution in [2.75, 3.05) is 13.1 Å². The van der Waals surface area contributed by atoms with Crippen molar-refractivity contribution in [1.82, 2.24) is 10.2 Å². The molecule has 18 heavy (non-hydrogen) atoms. The maximum Gasteiger partial charge on any atom is 0.326 e. The van der Waals surface area contributed by atoms with E-state index in [0.717, 1.165) is 0 Å². The Morgan fingerprint density at radius 1 is 1.28 bits per heavy atom. The lowest BCUT2D eigenvalue weighted by Gasteiger charge is -2.21. The van der Waals surface area contributed by atoms with E-state index in [1.165, 1.54) is 4.90 Å². The number of nitrogens with one attached hydrogen (secondary N) is 1. The summed E-state index contributed by atoms with van der Waals surface area (Å²) in [5, 5.41) is 30.0. The lowest BCUT2D eigenvalue weighted by Crippen LogP contribution is -2.48. The molecule has 1 rings (SSSR count). The number of urea groups is 1. The zero-order chi connectivity index (χ0) is 13.9. The molecular formula is C11H20N2O5. The van der Waals surface area contributed by atoms with Gasteiger partial charge in [-0.05, 0) is 12.3 Å². The fourth-order valence-electron chi connectivity index (χ4n) is 1.87. The highest BCUT2D eigenvalue weighted by Crippen LogP contribution is 2.11. The molecule has 1 fully saturated rings. The fourth-order valence-corrected chi connectivity index (χ4v) is 1.87. The molecule has 1 saturated heterocycles. The lowest BCUT2D eigenvalue weighted by molar-refractivity contribution is -0.139. The van der Waals surface area contributed by atoms with E-state index in [4.69, 9.17) is 5.11 Å². The van der Waals surface area contributed by atoms with Gasteiger partial charge in [-0.15, -0.1) is 0 Å². The molecule has 104 valence electrons. The molecule has 0 spiro atoms. The number of aliphatic hydroxyl groups is 2. The van der Waals surface area contributed by atoms with Crippen molar-refractivity contribution in [1.29, 1.82) is 0 Å². The third-order valence-corrected chi connectivity index (χ3v) is 2.85. The van der Waals surface area contributed by atoms with Gasteiger partial charge in [0.05, 0.1) is 25.3 Å². The molecule has 1 aliphatic heterocycles. The predicted molar refractivity (Wildman–Crippen MR) is 63.0 cm³/mol. The van der Waals surface area contributed by atoms with Gasteiger partial charge in [0.25, 0.3) is 0 Å². The second-order valence-electron chi connectivity index (χ2n) is 5.01. The average Bonchev–Trinajstić information content (AvgIpc) is 2.57. The van der Waals surface area contributed by atoms with E-state index >= 15 is 0 Å². The molecule has 3 atom stereocenters. The van der Waals surface area contributed by atoms with Gasteiger partial charge >= 0.3 is 12.0 Å².